The largest absolute Gasteiger partial charge is 0.391 e. The van der Waals surface area contributed by atoms with Crippen molar-refractivity contribution in [2.24, 2.45) is 5.92 Å². The van der Waals surface area contributed by atoms with E-state index in [1.165, 1.54) is 17.8 Å². The molecule has 6 heteroatoms. The van der Waals surface area contributed by atoms with E-state index < -0.39 is 5.60 Å². The predicted molar refractivity (Wildman–Crippen MR) is 76.8 cm³/mol. The fourth-order valence-corrected chi connectivity index (χ4v) is 4.45. The van der Waals surface area contributed by atoms with E-state index in [1.807, 2.05) is 0 Å². The number of hydrogen-bond donors (Lipinski definition) is 2. The molecule has 1 aliphatic carbocycles. The topological polar surface area (TPSA) is 56.6 Å². The number of fused-ring (bicyclic) bond motifs is 1. The first kappa shape index (κ1) is 13.6. The summed E-state index contributed by atoms with van der Waals surface area (Å²) in [6.45, 7) is 1.62. The van der Waals surface area contributed by atoms with Crippen LogP contribution in [-0.2, 0) is 6.61 Å². The summed E-state index contributed by atoms with van der Waals surface area (Å²) in [6, 6.07) is 0. The first-order chi connectivity index (χ1) is 9.12. The average Bonchev–Trinajstić information content (AvgIpc) is 2.79. The maximum absolute atomic E-state index is 10.7. The van der Waals surface area contributed by atoms with Crippen molar-refractivity contribution < 1.29 is 10.2 Å². The van der Waals surface area contributed by atoms with Crippen molar-refractivity contribution in [2.75, 3.05) is 18.0 Å². The molecule has 0 aromatic carbocycles. The lowest BCUT2D eigenvalue weighted by molar-refractivity contribution is -0.0612. The molecule has 1 aromatic heterocycles. The second-order valence-corrected chi connectivity index (χ2v) is 7.03. The van der Waals surface area contributed by atoms with Gasteiger partial charge in [-0.25, -0.2) is 4.98 Å². The van der Waals surface area contributed by atoms with Gasteiger partial charge in [-0.05, 0) is 19.3 Å². The van der Waals surface area contributed by atoms with Crippen molar-refractivity contribution in [2.45, 2.75) is 44.3 Å². The van der Waals surface area contributed by atoms with E-state index in [0.29, 0.717) is 11.1 Å². The standard InChI is InChI=1S/C13H19ClN2O2S/c14-11-10(8-17)19-12(15-11)16-6-5-13(18)4-2-1-3-9(13)7-16/h9,17-18H,1-8H2. The molecule has 0 spiro atoms. The van der Waals surface area contributed by atoms with Crippen LogP contribution in [0.4, 0.5) is 5.13 Å². The molecule has 2 heterocycles. The van der Waals surface area contributed by atoms with Gasteiger partial charge in [-0.15, -0.1) is 0 Å². The Morgan fingerprint density at radius 3 is 3.00 bits per heavy atom. The Morgan fingerprint density at radius 1 is 1.42 bits per heavy atom. The summed E-state index contributed by atoms with van der Waals surface area (Å²) < 4.78 is 0. The minimum atomic E-state index is -0.463. The highest BCUT2D eigenvalue weighted by Crippen LogP contribution is 2.42. The zero-order valence-corrected chi connectivity index (χ0v) is 12.4. The van der Waals surface area contributed by atoms with Crippen LogP contribution in [0.15, 0.2) is 0 Å². The van der Waals surface area contributed by atoms with Gasteiger partial charge in [0.2, 0.25) is 0 Å². The van der Waals surface area contributed by atoms with Gasteiger partial charge in [0.05, 0.1) is 17.1 Å². The van der Waals surface area contributed by atoms with Crippen LogP contribution in [0.1, 0.15) is 37.0 Å². The van der Waals surface area contributed by atoms with Crippen LogP contribution in [0, 0.1) is 5.92 Å². The lowest BCUT2D eigenvalue weighted by atomic mass is 9.71. The number of thiazole rings is 1. The summed E-state index contributed by atoms with van der Waals surface area (Å²) in [5.41, 5.74) is -0.463. The molecular weight excluding hydrogens is 284 g/mol. The van der Waals surface area contributed by atoms with E-state index in [1.54, 1.807) is 0 Å². The lowest BCUT2D eigenvalue weighted by Crippen LogP contribution is -2.53. The molecule has 2 aliphatic rings. The van der Waals surface area contributed by atoms with Crippen molar-refractivity contribution in [1.82, 2.24) is 4.98 Å². The molecule has 2 unspecified atom stereocenters. The smallest absolute Gasteiger partial charge is 0.187 e. The second-order valence-electron chi connectivity index (χ2n) is 5.61. The minimum Gasteiger partial charge on any atom is -0.391 e. The minimum absolute atomic E-state index is 0.0578. The maximum Gasteiger partial charge on any atom is 0.187 e. The van der Waals surface area contributed by atoms with Crippen molar-refractivity contribution >= 4 is 28.1 Å². The van der Waals surface area contributed by atoms with Gasteiger partial charge in [-0.1, -0.05) is 35.8 Å². The first-order valence-electron chi connectivity index (χ1n) is 6.86. The first-order valence-corrected chi connectivity index (χ1v) is 8.05. The highest BCUT2D eigenvalue weighted by Gasteiger charge is 2.43. The van der Waals surface area contributed by atoms with Gasteiger partial charge in [-0.2, -0.15) is 0 Å². The van der Waals surface area contributed by atoms with Crippen LogP contribution in [0.2, 0.25) is 5.15 Å². The van der Waals surface area contributed by atoms with E-state index in [2.05, 4.69) is 9.88 Å². The number of piperidine rings is 1. The number of nitrogens with zero attached hydrogens (tertiary/aromatic N) is 2. The van der Waals surface area contributed by atoms with Crippen molar-refractivity contribution in [3.05, 3.63) is 10.0 Å². The summed E-state index contributed by atoms with van der Waals surface area (Å²) in [7, 11) is 0. The van der Waals surface area contributed by atoms with Crippen LogP contribution >= 0.6 is 22.9 Å². The van der Waals surface area contributed by atoms with Gasteiger partial charge < -0.3 is 15.1 Å². The molecular formula is C13H19ClN2O2S. The molecule has 2 N–H and O–H groups in total. The fraction of sp³-hybridized carbons (Fsp3) is 0.769. The second kappa shape index (κ2) is 5.20. The van der Waals surface area contributed by atoms with Gasteiger partial charge in [0.25, 0.3) is 0 Å². The molecule has 1 aliphatic heterocycles. The number of halogens is 1. The summed E-state index contributed by atoms with van der Waals surface area (Å²) in [5.74, 6) is 0.343. The van der Waals surface area contributed by atoms with Crippen LogP contribution in [0.25, 0.3) is 0 Å². The van der Waals surface area contributed by atoms with Gasteiger partial charge in [-0.3, -0.25) is 0 Å². The van der Waals surface area contributed by atoms with Crippen molar-refractivity contribution in [1.29, 1.82) is 0 Å². The Hall–Kier alpha value is -0.360. The van der Waals surface area contributed by atoms with Gasteiger partial charge in [0.15, 0.2) is 5.13 Å². The molecule has 0 bridgehead atoms. The monoisotopic (exact) mass is 302 g/mol. The van der Waals surface area contributed by atoms with Gasteiger partial charge in [0, 0.05) is 19.0 Å². The summed E-state index contributed by atoms with van der Waals surface area (Å²) in [6.07, 6.45) is 5.19. The number of aromatic nitrogens is 1. The van der Waals surface area contributed by atoms with Crippen molar-refractivity contribution in [3.8, 4) is 0 Å². The average molecular weight is 303 g/mol. The van der Waals surface area contributed by atoms with Crippen LogP contribution in [-0.4, -0.2) is 33.9 Å². The number of rotatable bonds is 2. The van der Waals surface area contributed by atoms with Crippen LogP contribution < -0.4 is 4.90 Å². The molecule has 1 saturated carbocycles. The Bertz CT molecular complexity index is 467. The third kappa shape index (κ3) is 2.49. The molecule has 2 fully saturated rings. The molecule has 2 atom stereocenters. The van der Waals surface area contributed by atoms with E-state index in [4.69, 9.17) is 11.6 Å². The number of hydrogen-bond acceptors (Lipinski definition) is 5. The highest BCUT2D eigenvalue weighted by molar-refractivity contribution is 7.16. The Morgan fingerprint density at radius 2 is 2.26 bits per heavy atom. The molecule has 0 radical (unpaired) electrons. The molecule has 19 heavy (non-hydrogen) atoms. The number of anilines is 1. The highest BCUT2D eigenvalue weighted by atomic mass is 35.5. The third-order valence-corrected chi connectivity index (χ3v) is 6.01. The third-order valence-electron chi connectivity index (χ3n) is 4.48. The van der Waals surface area contributed by atoms with E-state index in [9.17, 15) is 10.2 Å². The quantitative estimate of drug-likeness (QED) is 0.881. The Labute approximate surface area is 122 Å². The molecule has 1 saturated heterocycles. The van der Waals surface area contributed by atoms with Gasteiger partial charge in [0.1, 0.15) is 5.15 Å². The van der Waals surface area contributed by atoms with Gasteiger partial charge >= 0.3 is 0 Å². The summed E-state index contributed by atoms with van der Waals surface area (Å²) >= 11 is 7.45. The fourth-order valence-electron chi connectivity index (χ4n) is 3.30. The van der Waals surface area contributed by atoms with Crippen LogP contribution in [0.3, 0.4) is 0 Å². The zero-order valence-electron chi connectivity index (χ0n) is 10.8. The zero-order chi connectivity index (χ0) is 13.5. The maximum atomic E-state index is 10.7. The number of aliphatic hydroxyl groups is 2. The molecule has 0 amide bonds. The number of aliphatic hydroxyl groups excluding tert-OH is 1. The van der Waals surface area contributed by atoms with Crippen LogP contribution in [0.5, 0.6) is 0 Å². The SMILES string of the molecule is OCc1sc(N2CCC3(O)CCCCC3C2)nc1Cl. The molecule has 3 rings (SSSR count). The van der Waals surface area contributed by atoms with E-state index in [0.717, 1.165) is 48.8 Å². The Balaban J connectivity index is 1.76. The van der Waals surface area contributed by atoms with E-state index in [-0.39, 0.29) is 6.61 Å². The molecule has 4 nitrogen and oxygen atoms in total. The lowest BCUT2D eigenvalue weighted by Gasteiger charge is -2.47. The van der Waals surface area contributed by atoms with Crippen molar-refractivity contribution in [3.63, 3.8) is 0 Å². The molecule has 1 aromatic rings. The Kier molecular flexibility index (Phi) is 3.73. The molecule has 106 valence electrons. The predicted octanol–water partition coefficient (Wildman–Crippen LogP) is 2.42. The normalized spacial score (nSPS) is 31.3. The summed E-state index contributed by atoms with van der Waals surface area (Å²) in [4.78, 5) is 7.27. The summed E-state index contributed by atoms with van der Waals surface area (Å²) in [5, 5.41) is 21.1. The van der Waals surface area contributed by atoms with E-state index >= 15 is 0 Å².